The number of hydrogen-bond donors (Lipinski definition) is 1. The lowest BCUT2D eigenvalue weighted by atomic mass is 10.1. The summed E-state index contributed by atoms with van der Waals surface area (Å²) in [7, 11) is 2.00. The van der Waals surface area contributed by atoms with Gasteiger partial charge in [-0.05, 0) is 29.5 Å². The molecule has 1 aliphatic heterocycles. The van der Waals surface area contributed by atoms with E-state index in [9.17, 15) is 0 Å². The summed E-state index contributed by atoms with van der Waals surface area (Å²) < 4.78 is 0. The molecule has 1 heterocycles. The predicted octanol–water partition coefficient (Wildman–Crippen LogP) is 2.65. The Hall–Kier alpha value is -0.930. The molecular formula is C11H14N2S. The fourth-order valence-electron chi connectivity index (χ4n) is 1.39. The van der Waals surface area contributed by atoms with Gasteiger partial charge in [0.25, 0.3) is 0 Å². The summed E-state index contributed by atoms with van der Waals surface area (Å²) >= 11 is 1.65. The minimum atomic E-state index is 1.10. The molecule has 2 rings (SSSR count). The average molecular weight is 206 g/mol. The van der Waals surface area contributed by atoms with Crippen LogP contribution in [0.3, 0.4) is 0 Å². The summed E-state index contributed by atoms with van der Waals surface area (Å²) in [5.41, 5.74) is 2.67. The first-order valence-corrected chi connectivity index (χ1v) is 5.57. The van der Waals surface area contributed by atoms with E-state index in [1.165, 1.54) is 16.0 Å². The number of hydrazine groups is 1. The van der Waals surface area contributed by atoms with E-state index in [4.69, 9.17) is 0 Å². The molecule has 0 atom stereocenters. The van der Waals surface area contributed by atoms with Crippen molar-refractivity contribution in [3.63, 3.8) is 0 Å². The summed E-state index contributed by atoms with van der Waals surface area (Å²) in [6, 6.07) is 8.74. The number of nitrogens with one attached hydrogen (secondary N) is 1. The molecular weight excluding hydrogens is 192 g/mol. The molecule has 0 aliphatic carbocycles. The summed E-state index contributed by atoms with van der Waals surface area (Å²) in [6.07, 6.45) is 3.20. The van der Waals surface area contributed by atoms with Gasteiger partial charge in [-0.15, -0.1) is 0 Å². The van der Waals surface area contributed by atoms with Gasteiger partial charge in [0.05, 0.1) is 0 Å². The van der Waals surface area contributed by atoms with Crippen LogP contribution in [0.5, 0.6) is 0 Å². The largest absolute Gasteiger partial charge is 0.308 e. The van der Waals surface area contributed by atoms with Gasteiger partial charge in [-0.3, -0.25) is 0 Å². The van der Waals surface area contributed by atoms with E-state index >= 15 is 0 Å². The second kappa shape index (κ2) is 4.07. The molecule has 1 aromatic carbocycles. The topological polar surface area (TPSA) is 15.3 Å². The van der Waals surface area contributed by atoms with Crippen LogP contribution in [0.4, 0.5) is 0 Å². The Labute approximate surface area is 89.1 Å². The lowest BCUT2D eigenvalue weighted by Crippen LogP contribution is -2.17. The molecule has 1 aliphatic rings. The highest BCUT2D eigenvalue weighted by molar-refractivity contribution is 8.06. The second-order valence-electron chi connectivity index (χ2n) is 3.35. The third-order valence-corrected chi connectivity index (χ3v) is 3.20. The maximum absolute atomic E-state index is 3.15. The van der Waals surface area contributed by atoms with E-state index in [-0.39, 0.29) is 0 Å². The second-order valence-corrected chi connectivity index (χ2v) is 4.17. The molecule has 0 aromatic heterocycles. The molecule has 3 heteroatoms. The number of rotatable bonds is 2. The van der Waals surface area contributed by atoms with Gasteiger partial charge in [-0.1, -0.05) is 31.2 Å². The van der Waals surface area contributed by atoms with Crippen LogP contribution >= 0.6 is 11.9 Å². The number of hydrogen-bond acceptors (Lipinski definition) is 3. The lowest BCUT2D eigenvalue weighted by molar-refractivity contribution is 0.445. The maximum atomic E-state index is 3.15. The maximum Gasteiger partial charge on any atom is 0.0490 e. The van der Waals surface area contributed by atoms with Gasteiger partial charge in [0.1, 0.15) is 0 Å². The molecule has 0 spiro atoms. The van der Waals surface area contributed by atoms with Crippen LogP contribution in [-0.2, 0) is 6.42 Å². The van der Waals surface area contributed by atoms with Crippen molar-refractivity contribution in [2.75, 3.05) is 7.05 Å². The number of nitrogens with zero attached hydrogens (tertiary/aromatic N) is 1. The van der Waals surface area contributed by atoms with Gasteiger partial charge in [-0.25, -0.2) is 0 Å². The van der Waals surface area contributed by atoms with Crippen molar-refractivity contribution < 1.29 is 0 Å². The normalized spacial score (nSPS) is 15.9. The first-order chi connectivity index (χ1) is 6.79. The molecule has 0 unspecified atom stereocenters. The van der Waals surface area contributed by atoms with Crippen LogP contribution in [0.2, 0.25) is 0 Å². The number of aryl methyl sites for hydroxylation is 1. The molecule has 0 saturated heterocycles. The van der Waals surface area contributed by atoms with E-state index in [0.29, 0.717) is 0 Å². The first-order valence-electron chi connectivity index (χ1n) is 4.76. The van der Waals surface area contributed by atoms with Crippen molar-refractivity contribution in [3.8, 4) is 0 Å². The standard InChI is InChI=1S/C11H14N2S/c1-3-9-4-6-10(7-5-9)11-8-13(2)12-14-11/h4-8,12H,3H2,1-2H3. The van der Waals surface area contributed by atoms with Gasteiger partial charge in [-0.2, -0.15) is 4.83 Å². The third kappa shape index (κ3) is 1.94. The summed E-state index contributed by atoms with van der Waals surface area (Å²) in [6.45, 7) is 2.17. The minimum absolute atomic E-state index is 1.10. The SMILES string of the molecule is CCc1ccc(C2=CN(C)NS2)cc1. The smallest absolute Gasteiger partial charge is 0.0490 e. The fraction of sp³-hybridized carbons (Fsp3) is 0.273. The van der Waals surface area contributed by atoms with Crippen molar-refractivity contribution in [2.45, 2.75) is 13.3 Å². The Morgan fingerprint density at radius 2 is 2.00 bits per heavy atom. The van der Waals surface area contributed by atoms with Gasteiger partial charge in [0.2, 0.25) is 0 Å². The van der Waals surface area contributed by atoms with Gasteiger partial charge >= 0.3 is 0 Å². The molecule has 0 bridgehead atoms. The van der Waals surface area contributed by atoms with E-state index < -0.39 is 0 Å². The monoisotopic (exact) mass is 206 g/mol. The van der Waals surface area contributed by atoms with Crippen LogP contribution in [0, 0.1) is 0 Å². The Balaban J connectivity index is 2.21. The molecule has 14 heavy (non-hydrogen) atoms. The molecule has 0 fully saturated rings. The zero-order chi connectivity index (χ0) is 9.97. The molecule has 1 aromatic rings. The average Bonchev–Trinajstić information content (AvgIpc) is 2.65. The molecule has 0 amide bonds. The highest BCUT2D eigenvalue weighted by Crippen LogP contribution is 2.29. The molecule has 0 saturated carbocycles. The van der Waals surface area contributed by atoms with Gasteiger partial charge in [0, 0.05) is 18.2 Å². The quantitative estimate of drug-likeness (QED) is 0.749. The Bertz CT molecular complexity index is 343. The van der Waals surface area contributed by atoms with Crippen LogP contribution in [0.15, 0.2) is 30.5 Å². The Morgan fingerprint density at radius 1 is 1.29 bits per heavy atom. The van der Waals surface area contributed by atoms with Crippen molar-refractivity contribution >= 4 is 16.9 Å². The van der Waals surface area contributed by atoms with Crippen LogP contribution in [-0.4, -0.2) is 12.1 Å². The van der Waals surface area contributed by atoms with Gasteiger partial charge in [0.15, 0.2) is 0 Å². The fourth-order valence-corrected chi connectivity index (χ4v) is 2.15. The molecule has 1 N–H and O–H groups in total. The molecule has 74 valence electrons. The predicted molar refractivity (Wildman–Crippen MR) is 62.3 cm³/mol. The number of benzene rings is 1. The van der Waals surface area contributed by atoms with E-state index in [1.807, 2.05) is 12.1 Å². The van der Waals surface area contributed by atoms with Crippen molar-refractivity contribution in [2.24, 2.45) is 0 Å². The summed E-state index contributed by atoms with van der Waals surface area (Å²) in [4.78, 5) is 4.43. The molecule has 2 nitrogen and oxygen atoms in total. The minimum Gasteiger partial charge on any atom is -0.308 e. The van der Waals surface area contributed by atoms with Crippen LogP contribution in [0.1, 0.15) is 18.1 Å². The summed E-state index contributed by atoms with van der Waals surface area (Å²) in [5.74, 6) is 0. The van der Waals surface area contributed by atoms with Gasteiger partial charge < -0.3 is 5.01 Å². The summed E-state index contributed by atoms with van der Waals surface area (Å²) in [5, 5.41) is 1.97. The highest BCUT2D eigenvalue weighted by atomic mass is 32.2. The Kier molecular flexibility index (Phi) is 2.79. The van der Waals surface area contributed by atoms with E-state index in [2.05, 4.69) is 42.2 Å². The van der Waals surface area contributed by atoms with E-state index in [0.717, 1.165) is 6.42 Å². The van der Waals surface area contributed by atoms with Crippen molar-refractivity contribution in [1.29, 1.82) is 0 Å². The van der Waals surface area contributed by atoms with Crippen LogP contribution in [0.25, 0.3) is 4.91 Å². The van der Waals surface area contributed by atoms with Crippen molar-refractivity contribution in [1.82, 2.24) is 9.84 Å². The highest BCUT2D eigenvalue weighted by Gasteiger charge is 2.10. The Morgan fingerprint density at radius 3 is 2.50 bits per heavy atom. The zero-order valence-electron chi connectivity index (χ0n) is 8.45. The third-order valence-electron chi connectivity index (χ3n) is 2.26. The first kappa shape index (κ1) is 9.62. The lowest BCUT2D eigenvalue weighted by Gasteiger charge is -2.03. The van der Waals surface area contributed by atoms with E-state index in [1.54, 1.807) is 11.9 Å². The molecule has 0 radical (unpaired) electrons. The van der Waals surface area contributed by atoms with Crippen molar-refractivity contribution in [3.05, 3.63) is 41.6 Å². The van der Waals surface area contributed by atoms with Crippen LogP contribution < -0.4 is 4.83 Å². The zero-order valence-corrected chi connectivity index (χ0v) is 9.27.